The number of rotatable bonds is 4. The molecule has 0 aliphatic carbocycles. The van der Waals surface area contributed by atoms with Crippen LogP contribution in [-0.2, 0) is 14.3 Å². The first-order chi connectivity index (χ1) is 7.34. The molecule has 1 unspecified atom stereocenters. The van der Waals surface area contributed by atoms with Crippen molar-refractivity contribution in [1.82, 2.24) is 5.32 Å². The molecule has 0 aromatic carbocycles. The molecule has 1 fully saturated rings. The number of ether oxygens (including phenoxy) is 1. The highest BCUT2D eigenvalue weighted by Gasteiger charge is 2.45. The summed E-state index contributed by atoms with van der Waals surface area (Å²) < 4.78 is 5.02. The van der Waals surface area contributed by atoms with E-state index in [-0.39, 0.29) is 5.91 Å². The van der Waals surface area contributed by atoms with Gasteiger partial charge in [-0.1, -0.05) is 0 Å². The van der Waals surface area contributed by atoms with Crippen LogP contribution in [-0.4, -0.2) is 46.7 Å². The van der Waals surface area contributed by atoms with Crippen molar-refractivity contribution in [1.29, 1.82) is 0 Å². The molecule has 0 bridgehead atoms. The van der Waals surface area contributed by atoms with Crippen molar-refractivity contribution in [2.45, 2.75) is 31.4 Å². The highest BCUT2D eigenvalue weighted by Crippen LogP contribution is 2.29. The Balaban J connectivity index is 2.78. The minimum absolute atomic E-state index is 0.389. The summed E-state index contributed by atoms with van der Waals surface area (Å²) in [6.07, 6.45) is 0.457. The summed E-state index contributed by atoms with van der Waals surface area (Å²) in [5.74, 6) is -0.203. The van der Waals surface area contributed by atoms with Gasteiger partial charge < -0.3 is 15.2 Å². The molecule has 16 heavy (non-hydrogen) atoms. The molecule has 1 saturated heterocycles. The standard InChI is InChI=1S/C10H17NO4S/c1-9(2,15-3)7(12)11-10(8(13)14)4-5-16-6-10/h4-6H2,1-3H3,(H,11,12)(H,13,14). The van der Waals surface area contributed by atoms with E-state index in [9.17, 15) is 14.7 Å². The zero-order chi connectivity index (χ0) is 12.4. The second-order valence-electron chi connectivity index (χ2n) is 4.36. The van der Waals surface area contributed by atoms with Crippen LogP contribution in [0.15, 0.2) is 0 Å². The number of methoxy groups -OCH3 is 1. The third-order valence-corrected chi connectivity index (χ3v) is 4.03. The van der Waals surface area contributed by atoms with Crippen molar-refractivity contribution in [3.8, 4) is 0 Å². The summed E-state index contributed by atoms with van der Waals surface area (Å²) in [5.41, 5.74) is -2.13. The Morgan fingerprint density at radius 3 is 2.50 bits per heavy atom. The summed E-state index contributed by atoms with van der Waals surface area (Å²) in [6, 6.07) is 0. The molecule has 1 heterocycles. The summed E-state index contributed by atoms with van der Waals surface area (Å²) >= 11 is 1.53. The topological polar surface area (TPSA) is 75.6 Å². The zero-order valence-corrected chi connectivity index (χ0v) is 10.5. The number of amides is 1. The number of carboxylic acid groups (broad SMARTS) is 1. The number of carbonyl (C=O) groups excluding carboxylic acids is 1. The van der Waals surface area contributed by atoms with E-state index in [1.165, 1.54) is 18.9 Å². The number of thioether (sulfide) groups is 1. The van der Waals surface area contributed by atoms with Crippen LogP contribution < -0.4 is 5.32 Å². The lowest BCUT2D eigenvalue weighted by atomic mass is 9.97. The Kier molecular flexibility index (Phi) is 3.85. The third kappa shape index (κ3) is 2.49. The number of aliphatic carboxylic acids is 1. The fraction of sp³-hybridized carbons (Fsp3) is 0.800. The molecular weight excluding hydrogens is 230 g/mol. The van der Waals surface area contributed by atoms with Crippen LogP contribution >= 0.6 is 11.8 Å². The van der Waals surface area contributed by atoms with Crippen molar-refractivity contribution in [3.63, 3.8) is 0 Å². The summed E-state index contributed by atoms with van der Waals surface area (Å²) in [5, 5.41) is 11.8. The van der Waals surface area contributed by atoms with Gasteiger partial charge in [-0.25, -0.2) is 4.79 Å². The first-order valence-corrected chi connectivity index (χ1v) is 6.18. The fourth-order valence-electron chi connectivity index (χ4n) is 1.35. The van der Waals surface area contributed by atoms with Gasteiger partial charge in [-0.3, -0.25) is 4.79 Å². The minimum atomic E-state index is -1.13. The van der Waals surface area contributed by atoms with Crippen LogP contribution in [0.5, 0.6) is 0 Å². The molecule has 0 spiro atoms. The van der Waals surface area contributed by atoms with Gasteiger partial charge in [-0.2, -0.15) is 11.8 Å². The lowest BCUT2D eigenvalue weighted by Crippen LogP contribution is -2.59. The van der Waals surface area contributed by atoms with Crippen LogP contribution in [0.25, 0.3) is 0 Å². The maximum absolute atomic E-state index is 11.9. The lowest BCUT2D eigenvalue weighted by Gasteiger charge is -2.30. The van der Waals surface area contributed by atoms with Gasteiger partial charge in [0.1, 0.15) is 11.1 Å². The molecule has 1 rings (SSSR count). The van der Waals surface area contributed by atoms with Gasteiger partial charge in [-0.05, 0) is 26.0 Å². The van der Waals surface area contributed by atoms with E-state index in [1.807, 2.05) is 0 Å². The average molecular weight is 247 g/mol. The van der Waals surface area contributed by atoms with E-state index in [4.69, 9.17) is 4.74 Å². The van der Waals surface area contributed by atoms with Gasteiger partial charge in [0, 0.05) is 12.9 Å². The monoisotopic (exact) mass is 247 g/mol. The maximum atomic E-state index is 11.9. The predicted octanol–water partition coefficient (Wildman–Crippen LogP) is 0.488. The quantitative estimate of drug-likeness (QED) is 0.756. The normalized spacial score (nSPS) is 25.4. The molecule has 0 radical (unpaired) electrons. The summed E-state index contributed by atoms with van der Waals surface area (Å²) in [4.78, 5) is 23.1. The van der Waals surface area contributed by atoms with E-state index in [0.717, 1.165) is 5.75 Å². The second kappa shape index (κ2) is 4.63. The fourth-order valence-corrected chi connectivity index (χ4v) is 2.67. The Bertz CT molecular complexity index is 297. The number of carbonyl (C=O) groups is 2. The SMILES string of the molecule is COC(C)(C)C(=O)NC1(C(=O)O)CCSC1. The molecule has 1 aliphatic heterocycles. The van der Waals surface area contributed by atoms with E-state index < -0.39 is 17.1 Å². The maximum Gasteiger partial charge on any atom is 0.330 e. The number of carboxylic acids is 1. The molecule has 2 N–H and O–H groups in total. The Hall–Kier alpha value is -0.750. The summed E-state index contributed by atoms with van der Waals surface area (Å²) in [7, 11) is 1.43. The molecule has 5 nitrogen and oxygen atoms in total. The molecule has 1 aliphatic rings. The minimum Gasteiger partial charge on any atom is -0.479 e. The summed E-state index contributed by atoms with van der Waals surface area (Å²) in [6.45, 7) is 3.22. The van der Waals surface area contributed by atoms with Gasteiger partial charge in [0.15, 0.2) is 0 Å². The van der Waals surface area contributed by atoms with Crippen LogP contribution in [0.3, 0.4) is 0 Å². The smallest absolute Gasteiger partial charge is 0.330 e. The van der Waals surface area contributed by atoms with E-state index in [2.05, 4.69) is 5.32 Å². The third-order valence-electron chi connectivity index (χ3n) is 2.84. The van der Waals surface area contributed by atoms with E-state index in [1.54, 1.807) is 13.8 Å². The number of nitrogens with one attached hydrogen (secondary N) is 1. The van der Waals surface area contributed by atoms with Crippen molar-refractivity contribution in [2.75, 3.05) is 18.6 Å². The average Bonchev–Trinajstić information content (AvgIpc) is 2.67. The van der Waals surface area contributed by atoms with Crippen LogP contribution in [0.2, 0.25) is 0 Å². The second-order valence-corrected chi connectivity index (χ2v) is 5.46. The molecule has 0 aromatic rings. The van der Waals surface area contributed by atoms with Crippen molar-refractivity contribution in [3.05, 3.63) is 0 Å². The van der Waals surface area contributed by atoms with Gasteiger partial charge in [0.25, 0.3) is 5.91 Å². The molecule has 6 heteroatoms. The van der Waals surface area contributed by atoms with E-state index in [0.29, 0.717) is 12.2 Å². The Labute approximate surface area is 98.9 Å². The van der Waals surface area contributed by atoms with Crippen molar-refractivity contribution >= 4 is 23.6 Å². The van der Waals surface area contributed by atoms with E-state index >= 15 is 0 Å². The zero-order valence-electron chi connectivity index (χ0n) is 9.70. The number of hydrogen-bond donors (Lipinski definition) is 2. The van der Waals surface area contributed by atoms with Gasteiger partial charge in [0.2, 0.25) is 0 Å². The first-order valence-electron chi connectivity index (χ1n) is 5.03. The molecule has 0 aromatic heterocycles. The molecule has 0 saturated carbocycles. The van der Waals surface area contributed by atoms with Crippen LogP contribution in [0, 0.1) is 0 Å². The highest BCUT2D eigenvalue weighted by atomic mass is 32.2. The molecule has 1 amide bonds. The van der Waals surface area contributed by atoms with Gasteiger partial charge >= 0.3 is 5.97 Å². The van der Waals surface area contributed by atoms with Crippen LogP contribution in [0.4, 0.5) is 0 Å². The van der Waals surface area contributed by atoms with Crippen LogP contribution in [0.1, 0.15) is 20.3 Å². The highest BCUT2D eigenvalue weighted by molar-refractivity contribution is 7.99. The molecular formula is C10H17NO4S. The lowest BCUT2D eigenvalue weighted by molar-refractivity contribution is -0.151. The van der Waals surface area contributed by atoms with Crippen molar-refractivity contribution < 1.29 is 19.4 Å². The van der Waals surface area contributed by atoms with Gasteiger partial charge in [-0.15, -0.1) is 0 Å². The molecule has 92 valence electrons. The Morgan fingerprint density at radius 1 is 1.50 bits per heavy atom. The van der Waals surface area contributed by atoms with Gasteiger partial charge in [0.05, 0.1) is 0 Å². The largest absolute Gasteiger partial charge is 0.479 e. The Morgan fingerprint density at radius 2 is 2.12 bits per heavy atom. The number of hydrogen-bond acceptors (Lipinski definition) is 4. The first kappa shape index (κ1) is 13.3. The molecule has 1 atom stereocenters. The van der Waals surface area contributed by atoms with Crippen molar-refractivity contribution in [2.24, 2.45) is 0 Å². The predicted molar refractivity (Wildman–Crippen MR) is 61.5 cm³/mol.